The average molecular weight is 301 g/mol. The van der Waals surface area contributed by atoms with Crippen LogP contribution in [0, 0.1) is 0 Å². The number of nitrogens with zero attached hydrogens (tertiary/aromatic N) is 1. The number of thioether (sulfide) groups is 1. The Morgan fingerprint density at radius 2 is 2.38 bits per heavy atom. The first-order valence-corrected chi connectivity index (χ1v) is 7.30. The highest BCUT2D eigenvalue weighted by Crippen LogP contribution is 2.41. The summed E-state index contributed by atoms with van der Waals surface area (Å²) in [5, 5.41) is 3.23. The van der Waals surface area contributed by atoms with E-state index in [0.717, 1.165) is 6.54 Å². The van der Waals surface area contributed by atoms with Crippen LogP contribution in [0.2, 0.25) is 0 Å². The van der Waals surface area contributed by atoms with Crippen molar-refractivity contribution in [3.05, 3.63) is 22.7 Å². The van der Waals surface area contributed by atoms with Gasteiger partial charge >= 0.3 is 0 Å². The van der Waals surface area contributed by atoms with Gasteiger partial charge in [-0.05, 0) is 48.1 Å². The number of hydrogen-bond donors (Lipinski definition) is 1. The van der Waals surface area contributed by atoms with Gasteiger partial charge in [-0.25, -0.2) is 0 Å². The second-order valence-corrected chi connectivity index (χ2v) is 5.97. The third kappa shape index (κ3) is 2.39. The van der Waals surface area contributed by atoms with Crippen LogP contribution in [0.25, 0.3) is 0 Å². The molecule has 4 heteroatoms. The molecule has 0 saturated carbocycles. The molecule has 16 heavy (non-hydrogen) atoms. The summed E-state index contributed by atoms with van der Waals surface area (Å²) in [6.07, 6.45) is 1.20. The van der Waals surface area contributed by atoms with Crippen molar-refractivity contribution in [2.45, 2.75) is 17.4 Å². The largest absolute Gasteiger partial charge is 0.369 e. The lowest BCUT2D eigenvalue weighted by Crippen LogP contribution is -2.38. The molecule has 1 heterocycles. The van der Waals surface area contributed by atoms with Crippen molar-refractivity contribution in [1.29, 1.82) is 0 Å². The van der Waals surface area contributed by atoms with Crippen LogP contribution in [-0.2, 0) is 0 Å². The molecule has 1 unspecified atom stereocenters. The molecule has 0 spiro atoms. The quantitative estimate of drug-likeness (QED) is 0.924. The van der Waals surface area contributed by atoms with E-state index < -0.39 is 0 Å². The van der Waals surface area contributed by atoms with Crippen LogP contribution in [0.5, 0.6) is 0 Å². The van der Waals surface area contributed by atoms with E-state index in [2.05, 4.69) is 51.4 Å². The molecule has 0 aromatic heterocycles. The van der Waals surface area contributed by atoms with Crippen LogP contribution in [-0.4, -0.2) is 32.4 Å². The summed E-state index contributed by atoms with van der Waals surface area (Å²) in [5.41, 5.74) is 1.35. The minimum atomic E-state index is 0.628. The number of benzene rings is 1. The zero-order valence-electron chi connectivity index (χ0n) is 9.66. The van der Waals surface area contributed by atoms with Gasteiger partial charge in [0.2, 0.25) is 0 Å². The van der Waals surface area contributed by atoms with Gasteiger partial charge in [-0.1, -0.05) is 6.07 Å². The number of hydrogen-bond acceptors (Lipinski definition) is 3. The van der Waals surface area contributed by atoms with Crippen molar-refractivity contribution in [2.75, 3.05) is 31.3 Å². The van der Waals surface area contributed by atoms with Crippen molar-refractivity contribution in [2.24, 2.45) is 0 Å². The molecule has 1 aliphatic heterocycles. The zero-order valence-corrected chi connectivity index (χ0v) is 12.1. The Labute approximate surface area is 110 Å². The predicted octanol–water partition coefficient (Wildman–Crippen LogP) is 2.97. The Bertz CT molecular complexity index is 370. The molecule has 1 aromatic rings. The van der Waals surface area contributed by atoms with E-state index in [1.54, 1.807) is 0 Å². The van der Waals surface area contributed by atoms with E-state index in [-0.39, 0.29) is 0 Å². The predicted molar refractivity (Wildman–Crippen MR) is 75.6 cm³/mol. The highest BCUT2D eigenvalue weighted by molar-refractivity contribution is 9.10. The van der Waals surface area contributed by atoms with Gasteiger partial charge in [0, 0.05) is 28.2 Å². The Hall–Kier alpha value is -0.190. The number of nitrogens with one attached hydrogen (secondary N) is 1. The van der Waals surface area contributed by atoms with E-state index in [0.29, 0.717) is 6.04 Å². The molecule has 1 N–H and O–H groups in total. The lowest BCUT2D eigenvalue weighted by molar-refractivity contribution is 0.598. The van der Waals surface area contributed by atoms with Crippen LogP contribution >= 0.6 is 27.7 Å². The summed E-state index contributed by atoms with van der Waals surface area (Å²) in [6, 6.07) is 7.06. The molecule has 2 rings (SSSR count). The summed E-state index contributed by atoms with van der Waals surface area (Å²) >= 11 is 5.61. The van der Waals surface area contributed by atoms with Crippen LogP contribution in [0.15, 0.2) is 27.6 Å². The van der Waals surface area contributed by atoms with E-state index in [1.165, 1.54) is 27.2 Å². The first kappa shape index (κ1) is 12.3. The lowest BCUT2D eigenvalue weighted by atomic mass is 10.1. The monoisotopic (exact) mass is 300 g/mol. The molecule has 0 fully saturated rings. The van der Waals surface area contributed by atoms with Gasteiger partial charge in [0.1, 0.15) is 0 Å². The highest BCUT2D eigenvalue weighted by Gasteiger charge is 2.24. The third-order valence-corrected chi connectivity index (χ3v) is 4.84. The first-order valence-electron chi connectivity index (χ1n) is 5.52. The Balaban J connectivity index is 2.20. The van der Waals surface area contributed by atoms with E-state index in [1.807, 2.05) is 18.8 Å². The molecule has 1 aliphatic rings. The number of rotatable bonds is 3. The summed E-state index contributed by atoms with van der Waals surface area (Å²) in [5.74, 6) is 1.18. The molecule has 0 radical (unpaired) electrons. The smallest absolute Gasteiger partial charge is 0.0648 e. The van der Waals surface area contributed by atoms with Gasteiger partial charge in [0.05, 0.1) is 5.69 Å². The Morgan fingerprint density at radius 3 is 3.12 bits per heavy atom. The SMILES string of the molecule is CNCCC1CSc2cccc(Br)c2N1C. The molecule has 88 valence electrons. The van der Waals surface area contributed by atoms with Crippen molar-refractivity contribution >= 4 is 33.4 Å². The molecule has 0 amide bonds. The van der Waals surface area contributed by atoms with Crippen LogP contribution in [0.4, 0.5) is 5.69 Å². The number of fused-ring (bicyclic) bond motifs is 1. The highest BCUT2D eigenvalue weighted by atomic mass is 79.9. The van der Waals surface area contributed by atoms with Crippen molar-refractivity contribution in [3.63, 3.8) is 0 Å². The minimum absolute atomic E-state index is 0.628. The van der Waals surface area contributed by atoms with Crippen molar-refractivity contribution in [1.82, 2.24) is 5.32 Å². The van der Waals surface area contributed by atoms with Gasteiger partial charge in [-0.2, -0.15) is 0 Å². The zero-order chi connectivity index (χ0) is 11.5. The van der Waals surface area contributed by atoms with Crippen molar-refractivity contribution < 1.29 is 0 Å². The molecule has 2 nitrogen and oxygen atoms in total. The molecule has 0 bridgehead atoms. The average Bonchev–Trinajstić information content (AvgIpc) is 2.28. The number of anilines is 1. The normalized spacial score (nSPS) is 19.7. The lowest BCUT2D eigenvalue weighted by Gasteiger charge is -2.36. The summed E-state index contributed by atoms with van der Waals surface area (Å²) in [6.45, 7) is 1.08. The minimum Gasteiger partial charge on any atom is -0.369 e. The molecule has 1 aromatic carbocycles. The van der Waals surface area contributed by atoms with Crippen LogP contribution < -0.4 is 10.2 Å². The summed E-state index contributed by atoms with van der Waals surface area (Å²) < 4.78 is 1.20. The molecule has 0 saturated heterocycles. The molecular formula is C12H17BrN2S. The summed E-state index contributed by atoms with van der Waals surface area (Å²) in [4.78, 5) is 3.80. The maximum atomic E-state index is 3.65. The Kier molecular flexibility index (Phi) is 4.16. The van der Waals surface area contributed by atoms with Gasteiger partial charge in [-0.3, -0.25) is 0 Å². The molecular weight excluding hydrogens is 284 g/mol. The van der Waals surface area contributed by atoms with Crippen LogP contribution in [0.3, 0.4) is 0 Å². The second-order valence-electron chi connectivity index (χ2n) is 4.05. The van der Waals surface area contributed by atoms with E-state index in [9.17, 15) is 0 Å². The fourth-order valence-electron chi connectivity index (χ4n) is 2.02. The maximum Gasteiger partial charge on any atom is 0.0648 e. The van der Waals surface area contributed by atoms with E-state index >= 15 is 0 Å². The third-order valence-electron chi connectivity index (χ3n) is 3.01. The van der Waals surface area contributed by atoms with Crippen molar-refractivity contribution in [3.8, 4) is 0 Å². The standard InChI is InChI=1S/C12H17BrN2S/c1-14-7-6-9-8-16-11-5-3-4-10(13)12(11)15(9)2/h3-5,9,14H,6-8H2,1-2H3. The fraction of sp³-hybridized carbons (Fsp3) is 0.500. The van der Waals surface area contributed by atoms with Gasteiger partial charge in [0.25, 0.3) is 0 Å². The van der Waals surface area contributed by atoms with Gasteiger partial charge in [-0.15, -0.1) is 11.8 Å². The van der Waals surface area contributed by atoms with E-state index in [4.69, 9.17) is 0 Å². The first-order chi connectivity index (χ1) is 7.74. The van der Waals surface area contributed by atoms with Gasteiger partial charge in [0.15, 0.2) is 0 Å². The molecule has 0 aliphatic carbocycles. The number of halogens is 1. The van der Waals surface area contributed by atoms with Crippen LogP contribution in [0.1, 0.15) is 6.42 Å². The topological polar surface area (TPSA) is 15.3 Å². The Morgan fingerprint density at radius 1 is 1.56 bits per heavy atom. The number of para-hydroxylation sites is 1. The van der Waals surface area contributed by atoms with Gasteiger partial charge < -0.3 is 10.2 Å². The molecule has 1 atom stereocenters. The fourth-order valence-corrected chi connectivity index (χ4v) is 4.13. The second kappa shape index (κ2) is 5.43. The summed E-state index contributed by atoms with van der Waals surface area (Å²) in [7, 11) is 4.21. The maximum absolute atomic E-state index is 3.65.